The molecule has 0 saturated carbocycles. The molecule has 2 amide bonds. The Kier molecular flexibility index (Phi) is 10.2. The van der Waals surface area contributed by atoms with Gasteiger partial charge in [0.25, 0.3) is 0 Å². The minimum atomic E-state index is -3.84. The Bertz CT molecular complexity index is 1410. The molecular weight excluding hydrogens is 534 g/mol. The van der Waals surface area contributed by atoms with E-state index in [-0.39, 0.29) is 24.9 Å². The molecule has 1 atom stereocenters. The molecule has 0 saturated heterocycles. The van der Waals surface area contributed by atoms with Crippen LogP contribution in [-0.4, -0.2) is 50.0 Å². The van der Waals surface area contributed by atoms with E-state index in [4.69, 9.17) is 11.6 Å². The van der Waals surface area contributed by atoms with E-state index in [2.05, 4.69) is 5.32 Å². The summed E-state index contributed by atoms with van der Waals surface area (Å²) in [5.74, 6) is -0.792. The quantitative estimate of drug-likeness (QED) is 0.356. The Morgan fingerprint density at radius 3 is 2.18 bits per heavy atom. The number of amides is 2. The minimum Gasteiger partial charge on any atom is -0.352 e. The number of benzene rings is 3. The van der Waals surface area contributed by atoms with Gasteiger partial charge in [-0.25, -0.2) is 8.42 Å². The lowest BCUT2D eigenvalue weighted by atomic mass is 10.0. The summed E-state index contributed by atoms with van der Waals surface area (Å²) >= 11 is 6.10. The maximum absolute atomic E-state index is 14.1. The van der Waals surface area contributed by atoms with Crippen molar-refractivity contribution >= 4 is 39.1 Å². The van der Waals surface area contributed by atoms with E-state index in [0.717, 1.165) is 27.3 Å². The molecule has 0 aromatic heterocycles. The largest absolute Gasteiger partial charge is 0.352 e. The first-order valence-electron chi connectivity index (χ1n) is 12.8. The van der Waals surface area contributed by atoms with Crippen molar-refractivity contribution in [2.24, 2.45) is 0 Å². The third-order valence-corrected chi connectivity index (χ3v) is 7.61. The van der Waals surface area contributed by atoms with Crippen LogP contribution in [0.25, 0.3) is 0 Å². The third-order valence-electron chi connectivity index (χ3n) is 6.24. The second kappa shape index (κ2) is 13.1. The number of nitrogens with one attached hydrogen (secondary N) is 1. The molecule has 9 heteroatoms. The number of halogens is 1. The molecule has 1 N–H and O–H groups in total. The number of aryl methyl sites for hydroxylation is 2. The van der Waals surface area contributed by atoms with Gasteiger partial charge in [-0.05, 0) is 62.6 Å². The van der Waals surface area contributed by atoms with E-state index in [1.807, 2.05) is 75.4 Å². The molecule has 3 aromatic rings. The fourth-order valence-electron chi connectivity index (χ4n) is 4.44. The van der Waals surface area contributed by atoms with Crippen molar-refractivity contribution in [3.63, 3.8) is 0 Å². The van der Waals surface area contributed by atoms with Gasteiger partial charge in [-0.15, -0.1) is 0 Å². The second-order valence-electron chi connectivity index (χ2n) is 10.1. The molecule has 0 aliphatic carbocycles. The monoisotopic (exact) mass is 569 g/mol. The number of rotatable bonds is 11. The third kappa shape index (κ3) is 8.57. The first-order valence-corrected chi connectivity index (χ1v) is 15.0. The van der Waals surface area contributed by atoms with Gasteiger partial charge >= 0.3 is 0 Å². The number of carbonyl (C=O) groups is 2. The summed E-state index contributed by atoms with van der Waals surface area (Å²) in [7, 11) is -3.84. The summed E-state index contributed by atoms with van der Waals surface area (Å²) in [5.41, 5.74) is 3.71. The number of hydrogen-bond acceptors (Lipinski definition) is 4. The standard InChI is InChI=1S/C30H36ClN3O4S/c1-21(2)32-30(36)28(18-24-11-7-6-8-12-24)33(19-25-13-9-10-22(3)16-25)29(35)20-34(39(5,37)38)27-15-14-26(31)17-23(27)4/h6-17,21,28H,18-20H2,1-5H3,(H,32,36)/t28-/m1/s1. The van der Waals surface area contributed by atoms with Gasteiger partial charge in [-0.3, -0.25) is 13.9 Å². The molecule has 0 aliphatic rings. The fourth-order valence-corrected chi connectivity index (χ4v) is 5.57. The van der Waals surface area contributed by atoms with Crippen molar-refractivity contribution in [2.45, 2.75) is 52.7 Å². The summed E-state index contributed by atoms with van der Waals surface area (Å²) in [6.07, 6.45) is 1.34. The zero-order valence-electron chi connectivity index (χ0n) is 23.0. The molecule has 0 unspecified atom stereocenters. The second-order valence-corrected chi connectivity index (χ2v) is 12.4. The zero-order valence-corrected chi connectivity index (χ0v) is 24.6. The van der Waals surface area contributed by atoms with Crippen molar-refractivity contribution in [3.05, 3.63) is 100 Å². The van der Waals surface area contributed by atoms with E-state index in [0.29, 0.717) is 16.3 Å². The summed E-state index contributed by atoms with van der Waals surface area (Å²) in [6, 6.07) is 21.0. The smallest absolute Gasteiger partial charge is 0.244 e. The molecule has 0 heterocycles. The molecule has 0 bridgehead atoms. The number of sulfonamides is 1. The molecule has 39 heavy (non-hydrogen) atoms. The predicted octanol–water partition coefficient (Wildman–Crippen LogP) is 4.89. The predicted molar refractivity (Wildman–Crippen MR) is 157 cm³/mol. The molecule has 7 nitrogen and oxygen atoms in total. The van der Waals surface area contributed by atoms with E-state index in [1.165, 1.54) is 4.90 Å². The van der Waals surface area contributed by atoms with E-state index >= 15 is 0 Å². The molecule has 0 aliphatic heterocycles. The van der Waals surface area contributed by atoms with Crippen LogP contribution in [0.1, 0.15) is 36.1 Å². The van der Waals surface area contributed by atoms with Crippen LogP contribution in [0, 0.1) is 13.8 Å². The topological polar surface area (TPSA) is 86.8 Å². The van der Waals surface area contributed by atoms with Crippen LogP contribution >= 0.6 is 11.6 Å². The molecule has 3 aromatic carbocycles. The van der Waals surface area contributed by atoms with E-state index < -0.39 is 28.5 Å². The van der Waals surface area contributed by atoms with Gasteiger partial charge in [-0.1, -0.05) is 71.8 Å². The fraction of sp³-hybridized carbons (Fsp3) is 0.333. The van der Waals surface area contributed by atoms with Gasteiger partial charge in [0.15, 0.2) is 0 Å². The Morgan fingerprint density at radius 1 is 0.923 bits per heavy atom. The number of carbonyl (C=O) groups excluding carboxylic acids is 2. The number of anilines is 1. The average Bonchev–Trinajstić information content (AvgIpc) is 2.84. The minimum absolute atomic E-state index is 0.140. The highest BCUT2D eigenvalue weighted by molar-refractivity contribution is 7.92. The van der Waals surface area contributed by atoms with Gasteiger partial charge in [0, 0.05) is 24.0 Å². The summed E-state index contributed by atoms with van der Waals surface area (Å²) in [6.45, 7) is 7.09. The van der Waals surface area contributed by atoms with Crippen molar-refractivity contribution < 1.29 is 18.0 Å². The van der Waals surface area contributed by atoms with Gasteiger partial charge < -0.3 is 10.2 Å². The maximum Gasteiger partial charge on any atom is 0.244 e. The number of hydrogen-bond donors (Lipinski definition) is 1. The van der Waals surface area contributed by atoms with Crippen LogP contribution in [0.3, 0.4) is 0 Å². The molecule has 0 fully saturated rings. The summed E-state index contributed by atoms with van der Waals surface area (Å²) in [5, 5.41) is 3.41. The van der Waals surface area contributed by atoms with Crippen molar-refractivity contribution in [1.29, 1.82) is 0 Å². The van der Waals surface area contributed by atoms with Crippen molar-refractivity contribution in [2.75, 3.05) is 17.1 Å². The van der Waals surface area contributed by atoms with Gasteiger partial charge in [0.2, 0.25) is 21.8 Å². The lowest BCUT2D eigenvalue weighted by Gasteiger charge is -2.34. The lowest BCUT2D eigenvalue weighted by Crippen LogP contribution is -2.54. The van der Waals surface area contributed by atoms with Crippen molar-refractivity contribution in [1.82, 2.24) is 10.2 Å². The van der Waals surface area contributed by atoms with Crippen LogP contribution < -0.4 is 9.62 Å². The zero-order chi connectivity index (χ0) is 28.7. The normalized spacial score (nSPS) is 12.2. The summed E-state index contributed by atoms with van der Waals surface area (Å²) in [4.78, 5) is 29.1. The molecule has 0 spiro atoms. The van der Waals surface area contributed by atoms with Gasteiger partial charge in [0.1, 0.15) is 12.6 Å². The molecule has 0 radical (unpaired) electrons. The lowest BCUT2D eigenvalue weighted by molar-refractivity contribution is -0.140. The highest BCUT2D eigenvalue weighted by atomic mass is 35.5. The Labute approximate surface area is 236 Å². The first kappa shape index (κ1) is 30.2. The Morgan fingerprint density at radius 2 is 1.59 bits per heavy atom. The number of nitrogens with zero attached hydrogens (tertiary/aromatic N) is 2. The van der Waals surface area contributed by atoms with Crippen LogP contribution in [0.2, 0.25) is 5.02 Å². The van der Waals surface area contributed by atoms with Crippen LogP contribution in [0.4, 0.5) is 5.69 Å². The highest BCUT2D eigenvalue weighted by Gasteiger charge is 2.33. The van der Waals surface area contributed by atoms with Crippen LogP contribution in [-0.2, 0) is 32.6 Å². The molecule has 3 rings (SSSR count). The summed E-state index contributed by atoms with van der Waals surface area (Å²) < 4.78 is 26.9. The molecular formula is C30H36ClN3O4S. The average molecular weight is 570 g/mol. The Balaban J connectivity index is 2.07. The van der Waals surface area contributed by atoms with Gasteiger partial charge in [0.05, 0.1) is 11.9 Å². The Hall–Kier alpha value is -3.36. The SMILES string of the molecule is Cc1cccc(CN(C(=O)CN(c2ccc(Cl)cc2C)S(C)(=O)=O)[C@H](Cc2ccccc2)C(=O)NC(C)C)c1. The first-order chi connectivity index (χ1) is 18.3. The van der Waals surface area contributed by atoms with Crippen molar-refractivity contribution in [3.8, 4) is 0 Å². The van der Waals surface area contributed by atoms with Crippen LogP contribution in [0.5, 0.6) is 0 Å². The molecule has 208 valence electrons. The maximum atomic E-state index is 14.1. The van der Waals surface area contributed by atoms with Crippen LogP contribution in [0.15, 0.2) is 72.8 Å². The van der Waals surface area contributed by atoms with Gasteiger partial charge in [-0.2, -0.15) is 0 Å². The van der Waals surface area contributed by atoms with E-state index in [1.54, 1.807) is 25.1 Å². The van der Waals surface area contributed by atoms with E-state index in [9.17, 15) is 18.0 Å². The highest BCUT2D eigenvalue weighted by Crippen LogP contribution is 2.26.